The van der Waals surface area contributed by atoms with Crippen molar-refractivity contribution in [1.29, 1.82) is 0 Å². The molecule has 0 atom stereocenters. The van der Waals surface area contributed by atoms with E-state index in [2.05, 4.69) is 0 Å². The first-order valence-electron chi connectivity index (χ1n) is 1.57. The van der Waals surface area contributed by atoms with Crippen LogP contribution in [0.3, 0.4) is 0 Å². The molecule has 8 heavy (non-hydrogen) atoms. The zero-order chi connectivity index (χ0) is 6.99. The van der Waals surface area contributed by atoms with E-state index in [-0.39, 0.29) is 32.5 Å². The number of hydrogen-bond acceptors (Lipinski definition) is 4. The van der Waals surface area contributed by atoms with Gasteiger partial charge in [0.1, 0.15) is 0 Å². The maximum atomic E-state index is 9.77. The summed E-state index contributed by atoms with van der Waals surface area (Å²) in [5.74, 6) is 0. The van der Waals surface area contributed by atoms with Crippen molar-refractivity contribution in [1.82, 2.24) is 0 Å². The van der Waals surface area contributed by atoms with E-state index in [1.165, 1.54) is 0 Å². The van der Waals surface area contributed by atoms with Crippen LogP contribution in [0.5, 0.6) is 0 Å². The molecule has 0 aromatic heterocycles. The van der Waals surface area contributed by atoms with Gasteiger partial charge in [-0.1, -0.05) is 0 Å². The minimum absolute atomic E-state index is 0.0556. The van der Waals surface area contributed by atoms with Crippen LogP contribution in [0.15, 0.2) is 0 Å². The van der Waals surface area contributed by atoms with Gasteiger partial charge in [0.15, 0.2) is 0 Å². The van der Waals surface area contributed by atoms with Gasteiger partial charge in [-0.15, -0.1) is 0 Å². The minimum atomic E-state index is -2.17. The second kappa shape index (κ2) is 10.9. The summed E-state index contributed by atoms with van der Waals surface area (Å²) in [5.41, 5.74) is 0. The summed E-state index contributed by atoms with van der Waals surface area (Å²) >= 11 is -2.02. The Bertz CT molecular complexity index is 94.2. The average molecular weight is 375 g/mol. The van der Waals surface area contributed by atoms with Crippen molar-refractivity contribution in [2.45, 2.75) is 0 Å². The van der Waals surface area contributed by atoms with Crippen LogP contribution in [-0.2, 0) is 31.8 Å². The van der Waals surface area contributed by atoms with Crippen LogP contribution in [0.2, 0.25) is 0 Å². The molecular weight excluding hydrogens is 375 g/mol. The molecule has 0 aliphatic heterocycles. The molecule has 0 bridgehead atoms. The summed E-state index contributed by atoms with van der Waals surface area (Å²) in [6, 6.07) is 0. The molecule has 0 rings (SSSR count). The topological polar surface area (TPSA) is 68.3 Å². The number of rotatable bonds is 2. The molecule has 0 aromatic rings. The summed E-state index contributed by atoms with van der Waals surface area (Å²) < 4.78 is 37.0. The standard InChI is InChI=1S/BO2Si.2O.Pb.Zn/c2-1-4-3;;;;. The SMILES string of the molecule is O=B[Si](=O)[Zn]=[O].[O]=[Pb]. The first-order chi connectivity index (χ1) is 3.81. The summed E-state index contributed by atoms with van der Waals surface area (Å²) in [6.07, 6.45) is 0. The molecule has 0 amide bonds. The van der Waals surface area contributed by atoms with E-state index in [0.717, 1.165) is 0 Å². The van der Waals surface area contributed by atoms with E-state index < -0.39 is 23.2 Å². The van der Waals surface area contributed by atoms with E-state index in [1.807, 2.05) is 0 Å². The van der Waals surface area contributed by atoms with Crippen LogP contribution in [0.25, 0.3) is 0 Å². The van der Waals surface area contributed by atoms with Crippen molar-refractivity contribution in [3.05, 3.63) is 0 Å². The van der Waals surface area contributed by atoms with Gasteiger partial charge in [0.25, 0.3) is 0 Å². The Labute approximate surface area is 70.6 Å². The Morgan fingerprint density at radius 2 is 1.88 bits per heavy atom. The summed E-state index contributed by atoms with van der Waals surface area (Å²) in [6.45, 7) is -1.88. The Balaban J connectivity index is 0. The van der Waals surface area contributed by atoms with Crippen molar-refractivity contribution < 1.29 is 31.8 Å². The molecule has 0 heterocycles. The zero-order valence-electron chi connectivity index (χ0n) is 3.92. The molecule has 0 saturated carbocycles. The quantitative estimate of drug-likeness (QED) is 0.544. The molecular formula is BO4PbSiZn. The fourth-order valence-corrected chi connectivity index (χ4v) is 0.530. The van der Waals surface area contributed by atoms with Crippen molar-refractivity contribution >= 4 is 39.3 Å². The molecule has 8 heteroatoms. The van der Waals surface area contributed by atoms with E-state index in [4.69, 9.17) is 2.69 Å². The van der Waals surface area contributed by atoms with Crippen molar-refractivity contribution in [2.24, 2.45) is 0 Å². The molecule has 2 radical (unpaired) electrons. The molecule has 0 aliphatic rings. The van der Waals surface area contributed by atoms with Gasteiger partial charge in [-0.05, 0) is 0 Å². The van der Waals surface area contributed by atoms with Gasteiger partial charge in [-0.2, -0.15) is 0 Å². The molecule has 0 fully saturated rings. The average Bonchev–Trinajstić information content (AvgIpc) is 1.91. The van der Waals surface area contributed by atoms with E-state index >= 15 is 0 Å². The summed E-state index contributed by atoms with van der Waals surface area (Å²) in [4.78, 5) is 0. The first kappa shape index (κ1) is 11.8. The molecule has 0 aliphatic carbocycles. The zero-order valence-corrected chi connectivity index (χ0v) is 11.8. The Kier molecular flexibility index (Phi) is 16.1. The second-order valence-corrected chi connectivity index (χ2v) is 8.39. The van der Waals surface area contributed by atoms with Gasteiger partial charge in [-0.25, -0.2) is 0 Å². The molecule has 0 N–H and O–H groups in total. The molecule has 0 spiro atoms. The molecule has 0 saturated heterocycles. The van der Waals surface area contributed by atoms with Gasteiger partial charge in [0.2, 0.25) is 0 Å². The molecule has 0 aromatic carbocycles. The summed E-state index contributed by atoms with van der Waals surface area (Å²) in [7, 11) is 0. The third-order valence-electron chi connectivity index (χ3n) is 0.274. The van der Waals surface area contributed by atoms with Crippen molar-refractivity contribution in [3.63, 3.8) is 0 Å². The van der Waals surface area contributed by atoms with Crippen molar-refractivity contribution in [3.8, 4) is 0 Å². The van der Waals surface area contributed by atoms with Gasteiger partial charge >= 0.3 is 71.1 Å². The monoisotopic (exact) mass is 375 g/mol. The third kappa shape index (κ3) is 10.1. The predicted molar refractivity (Wildman–Crippen MR) is 20.0 cm³/mol. The molecule has 37 valence electrons. The Morgan fingerprint density at radius 1 is 1.50 bits per heavy atom. The van der Waals surface area contributed by atoms with Crippen LogP contribution in [0.4, 0.5) is 0 Å². The Hall–Kier alpha value is 1.03. The summed E-state index contributed by atoms with van der Waals surface area (Å²) in [5, 5.41) is 0. The predicted octanol–water partition coefficient (Wildman–Crippen LogP) is -1.62. The number of hydrogen-bond donors (Lipinski definition) is 0. The Morgan fingerprint density at radius 3 is 1.88 bits per heavy atom. The second-order valence-electron chi connectivity index (χ2n) is 0.729. The normalized spacial score (nSPS) is 4.50. The first-order valence-corrected chi connectivity index (χ1v) is 10.5. The van der Waals surface area contributed by atoms with Crippen LogP contribution in [0, 0.1) is 0 Å². The van der Waals surface area contributed by atoms with Gasteiger partial charge in [0, 0.05) is 0 Å². The van der Waals surface area contributed by atoms with E-state index in [0.29, 0.717) is 0 Å². The van der Waals surface area contributed by atoms with Gasteiger partial charge in [-0.3, -0.25) is 0 Å². The van der Waals surface area contributed by atoms with Crippen molar-refractivity contribution in [2.75, 3.05) is 0 Å². The van der Waals surface area contributed by atoms with E-state index in [1.54, 1.807) is 0 Å². The van der Waals surface area contributed by atoms with E-state index in [9.17, 15) is 12.7 Å². The molecule has 4 nitrogen and oxygen atoms in total. The third-order valence-corrected chi connectivity index (χ3v) is 3.66. The van der Waals surface area contributed by atoms with Crippen LogP contribution in [0.1, 0.15) is 0 Å². The van der Waals surface area contributed by atoms with Gasteiger partial charge < -0.3 is 0 Å². The van der Waals surface area contributed by atoms with Gasteiger partial charge in [0.05, 0.1) is 0 Å². The maximum absolute atomic E-state index is 9.77. The fourth-order valence-electron chi connectivity index (χ4n) is 0.0340. The van der Waals surface area contributed by atoms with Crippen LogP contribution in [-0.4, -0.2) is 39.3 Å². The van der Waals surface area contributed by atoms with Crippen LogP contribution < -0.4 is 0 Å². The fraction of sp³-hybridized carbons (Fsp3) is 0. The molecule has 0 unspecified atom stereocenters. The van der Waals surface area contributed by atoms with Crippen LogP contribution >= 0.6 is 0 Å².